The van der Waals surface area contributed by atoms with Crippen molar-refractivity contribution in [2.45, 2.75) is 46.4 Å². The lowest BCUT2D eigenvalue weighted by Gasteiger charge is -2.20. The molecule has 5 heteroatoms. The van der Waals surface area contributed by atoms with Crippen molar-refractivity contribution in [3.8, 4) is 0 Å². The minimum absolute atomic E-state index is 0.264. The third kappa shape index (κ3) is 3.11. The Hall–Kier alpha value is -1.88. The average Bonchev–Trinajstić information content (AvgIpc) is 2.46. The molecule has 0 unspecified atom stereocenters. The molecule has 0 heterocycles. The highest BCUT2D eigenvalue weighted by molar-refractivity contribution is 7.92. The van der Waals surface area contributed by atoms with E-state index < -0.39 is 15.8 Å². The number of hydrogen-bond donors (Lipinski definition) is 1. The molecule has 2 aromatic carbocycles. The Morgan fingerprint density at radius 3 is 1.83 bits per heavy atom. The first kappa shape index (κ1) is 17.5. The van der Waals surface area contributed by atoms with Crippen LogP contribution >= 0.6 is 0 Å². The van der Waals surface area contributed by atoms with Crippen LogP contribution in [-0.2, 0) is 10.0 Å². The maximum atomic E-state index is 13.4. The molecule has 0 aliphatic carbocycles. The number of halogens is 1. The van der Waals surface area contributed by atoms with Crippen LogP contribution < -0.4 is 4.72 Å². The van der Waals surface area contributed by atoms with Gasteiger partial charge in [-0.3, -0.25) is 4.72 Å². The molecule has 0 saturated carbocycles. The van der Waals surface area contributed by atoms with E-state index in [4.69, 9.17) is 0 Å². The van der Waals surface area contributed by atoms with Crippen LogP contribution in [0.5, 0.6) is 0 Å². The number of sulfonamides is 1. The van der Waals surface area contributed by atoms with Crippen molar-refractivity contribution in [3.63, 3.8) is 0 Å². The Morgan fingerprint density at radius 1 is 0.826 bits per heavy atom. The average molecular weight is 335 g/mol. The van der Waals surface area contributed by atoms with Crippen molar-refractivity contribution in [3.05, 3.63) is 57.4 Å². The first-order valence-electron chi connectivity index (χ1n) is 7.42. The fraction of sp³-hybridized carbons (Fsp3) is 0.333. The quantitative estimate of drug-likeness (QED) is 0.899. The second-order valence-electron chi connectivity index (χ2n) is 6.02. The van der Waals surface area contributed by atoms with Crippen molar-refractivity contribution < 1.29 is 12.8 Å². The van der Waals surface area contributed by atoms with Gasteiger partial charge >= 0.3 is 0 Å². The van der Waals surface area contributed by atoms with E-state index in [0.717, 1.165) is 27.8 Å². The Kier molecular flexibility index (Phi) is 4.53. The van der Waals surface area contributed by atoms with E-state index in [9.17, 15) is 12.8 Å². The van der Waals surface area contributed by atoms with Crippen molar-refractivity contribution in [1.29, 1.82) is 0 Å². The van der Waals surface area contributed by atoms with Gasteiger partial charge in [0.1, 0.15) is 5.82 Å². The standard InChI is InChI=1S/C18H22FNO2S/c1-10-7-8-16(19)9-17(10)20-23(21,22)18-14(5)12(3)11(2)13(4)15(18)6/h7-9,20H,1-6H3. The molecule has 1 N–H and O–H groups in total. The first-order chi connectivity index (χ1) is 10.6. The van der Waals surface area contributed by atoms with Crippen LogP contribution in [0.4, 0.5) is 10.1 Å². The Balaban J connectivity index is 2.64. The van der Waals surface area contributed by atoms with Crippen LogP contribution in [0, 0.1) is 47.4 Å². The number of anilines is 1. The molecule has 0 aromatic heterocycles. The lowest BCUT2D eigenvalue weighted by atomic mass is 9.95. The van der Waals surface area contributed by atoms with Crippen molar-refractivity contribution >= 4 is 15.7 Å². The SMILES string of the molecule is Cc1ccc(F)cc1NS(=O)(=O)c1c(C)c(C)c(C)c(C)c1C. The molecule has 0 bridgehead atoms. The smallest absolute Gasteiger partial charge is 0.262 e. The zero-order valence-electron chi connectivity index (χ0n) is 14.3. The summed E-state index contributed by atoms with van der Waals surface area (Å²) >= 11 is 0. The highest BCUT2D eigenvalue weighted by Gasteiger charge is 2.24. The normalized spacial score (nSPS) is 11.6. The number of hydrogen-bond acceptors (Lipinski definition) is 2. The molecule has 0 aliphatic rings. The lowest BCUT2D eigenvalue weighted by Crippen LogP contribution is -2.18. The van der Waals surface area contributed by atoms with E-state index in [-0.39, 0.29) is 10.6 Å². The van der Waals surface area contributed by atoms with E-state index in [1.807, 2.05) is 34.6 Å². The zero-order chi connectivity index (χ0) is 17.5. The first-order valence-corrected chi connectivity index (χ1v) is 8.90. The molecular weight excluding hydrogens is 313 g/mol. The van der Waals surface area contributed by atoms with Crippen LogP contribution in [0.15, 0.2) is 23.1 Å². The van der Waals surface area contributed by atoms with Crippen molar-refractivity contribution in [1.82, 2.24) is 0 Å². The third-order valence-electron chi connectivity index (χ3n) is 4.64. The number of rotatable bonds is 3. The summed E-state index contributed by atoms with van der Waals surface area (Å²) in [6, 6.07) is 4.06. The van der Waals surface area contributed by atoms with Gasteiger partial charge in [0.2, 0.25) is 0 Å². The summed E-state index contributed by atoms with van der Waals surface area (Å²) in [7, 11) is -3.79. The molecule has 0 fully saturated rings. The summed E-state index contributed by atoms with van der Waals surface area (Å²) in [5.74, 6) is -0.474. The molecule has 3 nitrogen and oxygen atoms in total. The molecule has 0 saturated heterocycles. The highest BCUT2D eigenvalue weighted by Crippen LogP contribution is 2.31. The minimum Gasteiger partial charge on any atom is -0.279 e. The van der Waals surface area contributed by atoms with Gasteiger partial charge < -0.3 is 0 Å². The predicted molar refractivity (Wildman–Crippen MR) is 92.1 cm³/mol. The monoisotopic (exact) mass is 335 g/mol. The van der Waals surface area contributed by atoms with Gasteiger partial charge in [-0.15, -0.1) is 0 Å². The van der Waals surface area contributed by atoms with E-state index in [2.05, 4.69) is 4.72 Å². The van der Waals surface area contributed by atoms with Crippen molar-refractivity contribution in [2.75, 3.05) is 4.72 Å². The molecular formula is C18H22FNO2S. The molecule has 124 valence electrons. The zero-order valence-corrected chi connectivity index (χ0v) is 15.2. The molecule has 2 aromatic rings. The topological polar surface area (TPSA) is 46.2 Å². The molecule has 0 radical (unpaired) electrons. The Morgan fingerprint density at radius 2 is 1.30 bits per heavy atom. The van der Waals surface area contributed by atoms with Gasteiger partial charge in [-0.1, -0.05) is 6.07 Å². The largest absolute Gasteiger partial charge is 0.279 e. The van der Waals surface area contributed by atoms with E-state index in [1.54, 1.807) is 13.0 Å². The van der Waals surface area contributed by atoms with E-state index in [1.165, 1.54) is 12.1 Å². The van der Waals surface area contributed by atoms with Gasteiger partial charge in [-0.2, -0.15) is 0 Å². The maximum Gasteiger partial charge on any atom is 0.262 e. The molecule has 23 heavy (non-hydrogen) atoms. The summed E-state index contributed by atoms with van der Waals surface area (Å²) < 4.78 is 41.7. The van der Waals surface area contributed by atoms with Gasteiger partial charge in [-0.05, 0) is 87.1 Å². The summed E-state index contributed by atoms with van der Waals surface area (Å²) in [6.45, 7) is 11.2. The summed E-state index contributed by atoms with van der Waals surface area (Å²) in [4.78, 5) is 0.279. The van der Waals surface area contributed by atoms with E-state index in [0.29, 0.717) is 5.56 Å². The third-order valence-corrected chi connectivity index (χ3v) is 6.28. The number of aryl methyl sites for hydroxylation is 1. The minimum atomic E-state index is -3.79. The van der Waals surface area contributed by atoms with Crippen LogP contribution in [0.1, 0.15) is 33.4 Å². The number of benzene rings is 2. The number of nitrogens with one attached hydrogen (secondary N) is 1. The maximum absolute atomic E-state index is 13.4. The highest BCUT2D eigenvalue weighted by atomic mass is 32.2. The molecule has 2 rings (SSSR count). The summed E-state index contributed by atoms with van der Waals surface area (Å²) in [5.41, 5.74) is 5.42. The van der Waals surface area contributed by atoms with Crippen molar-refractivity contribution in [2.24, 2.45) is 0 Å². The lowest BCUT2D eigenvalue weighted by molar-refractivity contribution is 0.599. The Labute approximate surface area is 137 Å². The van der Waals surface area contributed by atoms with Crippen LogP contribution in [0.3, 0.4) is 0 Å². The second kappa shape index (κ2) is 5.96. The molecule has 0 aliphatic heterocycles. The van der Waals surface area contributed by atoms with Gasteiger partial charge in [0, 0.05) is 0 Å². The van der Waals surface area contributed by atoms with Crippen LogP contribution in [-0.4, -0.2) is 8.42 Å². The van der Waals surface area contributed by atoms with Crippen LogP contribution in [0.2, 0.25) is 0 Å². The fourth-order valence-electron chi connectivity index (χ4n) is 2.77. The molecule has 0 amide bonds. The summed E-state index contributed by atoms with van der Waals surface area (Å²) in [5, 5.41) is 0. The predicted octanol–water partition coefficient (Wildman–Crippen LogP) is 4.48. The fourth-order valence-corrected chi connectivity index (χ4v) is 4.49. The Bertz CT molecular complexity index is 857. The van der Waals surface area contributed by atoms with Gasteiger partial charge in [0.15, 0.2) is 0 Å². The van der Waals surface area contributed by atoms with Gasteiger partial charge in [0.25, 0.3) is 10.0 Å². The molecule has 0 spiro atoms. The van der Waals surface area contributed by atoms with Gasteiger partial charge in [-0.25, -0.2) is 12.8 Å². The molecule has 0 atom stereocenters. The van der Waals surface area contributed by atoms with Gasteiger partial charge in [0.05, 0.1) is 10.6 Å². The van der Waals surface area contributed by atoms with E-state index >= 15 is 0 Å². The van der Waals surface area contributed by atoms with Crippen LogP contribution in [0.25, 0.3) is 0 Å². The second-order valence-corrected chi connectivity index (χ2v) is 7.64. The summed E-state index contributed by atoms with van der Waals surface area (Å²) in [6.07, 6.45) is 0.